The van der Waals surface area contributed by atoms with Gasteiger partial charge in [-0.25, -0.2) is 4.79 Å². The highest BCUT2D eigenvalue weighted by atomic mass is 19.4. The predicted octanol–water partition coefficient (Wildman–Crippen LogP) is 2.46. The smallest absolute Gasteiger partial charge is 0.422 e. The molecule has 1 heterocycles. The summed E-state index contributed by atoms with van der Waals surface area (Å²) in [5.74, 6) is 1.13. The Morgan fingerprint density at radius 2 is 2.05 bits per heavy atom. The summed E-state index contributed by atoms with van der Waals surface area (Å²) in [5, 5.41) is 0. The minimum absolute atomic E-state index is 0.0605. The molecule has 1 aromatic rings. The van der Waals surface area contributed by atoms with Gasteiger partial charge in [-0.2, -0.15) is 13.2 Å². The second kappa shape index (κ2) is 6.11. The minimum Gasteiger partial charge on any atom is -0.486 e. The van der Waals surface area contributed by atoms with E-state index in [2.05, 4.69) is 4.74 Å². The number of amides is 1. The van der Waals surface area contributed by atoms with Gasteiger partial charge in [-0.3, -0.25) is 0 Å². The maximum Gasteiger partial charge on any atom is 0.422 e. The van der Waals surface area contributed by atoms with Crippen molar-refractivity contribution in [2.24, 2.45) is 0 Å². The fraction of sp³-hybridized carbons (Fsp3) is 0.462. The number of fused-ring (bicyclic) bond motifs is 1. The van der Waals surface area contributed by atoms with E-state index in [0.717, 1.165) is 4.90 Å². The Bertz CT molecular complexity index is 506. The minimum atomic E-state index is -4.54. The van der Waals surface area contributed by atoms with Gasteiger partial charge in [0.25, 0.3) is 0 Å². The van der Waals surface area contributed by atoms with Gasteiger partial charge < -0.3 is 19.1 Å². The molecule has 1 aliphatic rings. The molecule has 1 aromatic carbocycles. The van der Waals surface area contributed by atoms with Crippen molar-refractivity contribution in [1.82, 2.24) is 4.90 Å². The third-order valence-electron chi connectivity index (χ3n) is 2.72. The van der Waals surface area contributed by atoms with Crippen LogP contribution in [0.15, 0.2) is 24.3 Å². The predicted molar refractivity (Wildman–Crippen MR) is 66.4 cm³/mol. The van der Waals surface area contributed by atoms with Gasteiger partial charge in [-0.1, -0.05) is 12.1 Å². The SMILES string of the molecule is CN(CC1COc2ccccc2O1)C(=O)OCC(F)(F)F. The molecule has 0 radical (unpaired) electrons. The highest BCUT2D eigenvalue weighted by Crippen LogP contribution is 2.30. The lowest BCUT2D eigenvalue weighted by molar-refractivity contribution is -0.162. The summed E-state index contributed by atoms with van der Waals surface area (Å²) >= 11 is 0. The summed E-state index contributed by atoms with van der Waals surface area (Å²) in [5.41, 5.74) is 0. The van der Waals surface area contributed by atoms with Gasteiger partial charge in [0.1, 0.15) is 6.61 Å². The van der Waals surface area contributed by atoms with E-state index in [9.17, 15) is 18.0 Å². The Morgan fingerprint density at radius 3 is 2.71 bits per heavy atom. The Labute approximate surface area is 119 Å². The summed E-state index contributed by atoms with van der Waals surface area (Å²) < 4.78 is 51.1. The molecule has 0 saturated carbocycles. The lowest BCUT2D eigenvalue weighted by Crippen LogP contribution is -2.42. The maximum atomic E-state index is 12.0. The largest absolute Gasteiger partial charge is 0.486 e. The normalized spacial score (nSPS) is 17.2. The van der Waals surface area contributed by atoms with Gasteiger partial charge in [-0.05, 0) is 12.1 Å². The number of ether oxygens (including phenoxy) is 3. The van der Waals surface area contributed by atoms with Crippen LogP contribution in [0.5, 0.6) is 11.5 Å². The number of carbonyl (C=O) groups is 1. The molecule has 1 atom stereocenters. The molecule has 0 bridgehead atoms. The van der Waals surface area contributed by atoms with Crippen molar-refractivity contribution < 1.29 is 32.2 Å². The van der Waals surface area contributed by atoms with Gasteiger partial charge >= 0.3 is 12.3 Å². The summed E-state index contributed by atoms with van der Waals surface area (Å²) in [6.07, 6.45) is -6.07. The van der Waals surface area contributed by atoms with Gasteiger partial charge in [0.2, 0.25) is 0 Å². The number of nitrogens with zero attached hydrogens (tertiary/aromatic N) is 1. The zero-order chi connectivity index (χ0) is 15.5. The van der Waals surface area contributed by atoms with E-state index < -0.39 is 25.0 Å². The summed E-state index contributed by atoms with van der Waals surface area (Å²) in [4.78, 5) is 12.4. The van der Waals surface area contributed by atoms with Gasteiger partial charge in [0.15, 0.2) is 24.2 Å². The van der Waals surface area contributed by atoms with E-state index in [0.29, 0.717) is 11.5 Å². The lowest BCUT2D eigenvalue weighted by Gasteiger charge is -2.29. The van der Waals surface area contributed by atoms with Crippen molar-refractivity contribution in [3.05, 3.63) is 24.3 Å². The van der Waals surface area contributed by atoms with Crippen LogP contribution >= 0.6 is 0 Å². The molecule has 5 nitrogen and oxygen atoms in total. The first-order valence-corrected chi connectivity index (χ1v) is 6.18. The summed E-state index contributed by atoms with van der Waals surface area (Å²) in [6, 6.07) is 7.02. The van der Waals surface area contributed by atoms with Crippen LogP contribution in [0, 0.1) is 0 Å². The molecule has 0 saturated heterocycles. The van der Waals surface area contributed by atoms with Gasteiger partial charge in [-0.15, -0.1) is 0 Å². The molecule has 116 valence electrons. The van der Waals surface area contributed by atoms with Crippen molar-refractivity contribution in [1.29, 1.82) is 0 Å². The molecule has 8 heteroatoms. The first kappa shape index (κ1) is 15.3. The standard InChI is InChI=1S/C13H14F3NO4/c1-17(12(18)20-8-13(14,15)16)6-9-7-19-10-4-2-3-5-11(10)21-9/h2-5,9H,6-8H2,1H3. The zero-order valence-corrected chi connectivity index (χ0v) is 11.2. The summed E-state index contributed by atoms with van der Waals surface area (Å²) in [6.45, 7) is -1.35. The molecule has 0 aliphatic carbocycles. The molecule has 0 aromatic heterocycles. The Hall–Kier alpha value is -2.12. The van der Waals surface area contributed by atoms with Crippen LogP contribution in [0.3, 0.4) is 0 Å². The quantitative estimate of drug-likeness (QED) is 0.860. The molecular formula is C13H14F3NO4. The second-order valence-electron chi connectivity index (χ2n) is 4.55. The summed E-state index contributed by atoms with van der Waals surface area (Å²) in [7, 11) is 1.34. The second-order valence-corrected chi connectivity index (χ2v) is 4.55. The number of alkyl halides is 3. The first-order valence-electron chi connectivity index (χ1n) is 6.18. The third kappa shape index (κ3) is 4.44. The lowest BCUT2D eigenvalue weighted by atomic mass is 10.2. The van der Waals surface area contributed by atoms with Crippen molar-refractivity contribution in [2.45, 2.75) is 12.3 Å². The van der Waals surface area contributed by atoms with E-state index in [1.54, 1.807) is 24.3 Å². The Morgan fingerprint density at radius 1 is 1.38 bits per heavy atom. The van der Waals surface area contributed by atoms with Crippen LogP contribution in [0.2, 0.25) is 0 Å². The highest BCUT2D eigenvalue weighted by Gasteiger charge is 2.31. The number of halogens is 3. The molecule has 0 N–H and O–H groups in total. The monoisotopic (exact) mass is 305 g/mol. The van der Waals surface area contributed by atoms with Crippen LogP contribution in [-0.2, 0) is 4.74 Å². The molecule has 1 unspecified atom stereocenters. The molecule has 1 aliphatic heterocycles. The molecule has 0 fully saturated rings. The van der Waals surface area contributed by atoms with Gasteiger partial charge in [0.05, 0.1) is 6.54 Å². The fourth-order valence-electron chi connectivity index (χ4n) is 1.79. The molecule has 1 amide bonds. The number of carbonyl (C=O) groups excluding carboxylic acids is 1. The van der Waals surface area contributed by atoms with Crippen LogP contribution in [-0.4, -0.2) is 50.1 Å². The van der Waals surface area contributed by atoms with Gasteiger partial charge in [0, 0.05) is 7.05 Å². The van der Waals surface area contributed by atoms with Crippen molar-refractivity contribution in [3.63, 3.8) is 0 Å². The zero-order valence-electron chi connectivity index (χ0n) is 11.2. The van der Waals surface area contributed by atoms with Crippen molar-refractivity contribution >= 4 is 6.09 Å². The maximum absolute atomic E-state index is 12.0. The highest BCUT2D eigenvalue weighted by molar-refractivity contribution is 5.67. The average Bonchev–Trinajstić information content (AvgIpc) is 2.43. The van der Waals surface area contributed by atoms with Crippen molar-refractivity contribution in [3.8, 4) is 11.5 Å². The van der Waals surface area contributed by atoms with Crippen LogP contribution in [0.25, 0.3) is 0 Å². The van der Waals surface area contributed by atoms with E-state index in [4.69, 9.17) is 9.47 Å². The number of hydrogen-bond donors (Lipinski definition) is 0. The number of benzene rings is 1. The number of likely N-dealkylation sites (N-methyl/N-ethyl adjacent to an activating group) is 1. The van der Waals surface area contributed by atoms with Crippen LogP contribution < -0.4 is 9.47 Å². The molecule has 2 rings (SSSR count). The van der Waals surface area contributed by atoms with Crippen molar-refractivity contribution in [2.75, 3.05) is 26.8 Å². The number of hydrogen-bond acceptors (Lipinski definition) is 4. The van der Waals surface area contributed by atoms with Crippen LogP contribution in [0.4, 0.5) is 18.0 Å². The molecular weight excluding hydrogens is 291 g/mol. The van der Waals surface area contributed by atoms with E-state index >= 15 is 0 Å². The van der Waals surface area contributed by atoms with Crippen LogP contribution in [0.1, 0.15) is 0 Å². The van der Waals surface area contributed by atoms with E-state index in [-0.39, 0.29) is 13.2 Å². The number of rotatable bonds is 3. The Balaban J connectivity index is 1.84. The third-order valence-corrected chi connectivity index (χ3v) is 2.72. The fourth-order valence-corrected chi connectivity index (χ4v) is 1.79. The average molecular weight is 305 g/mol. The molecule has 0 spiro atoms. The first-order chi connectivity index (χ1) is 9.85. The molecule has 21 heavy (non-hydrogen) atoms. The van der Waals surface area contributed by atoms with E-state index in [1.807, 2.05) is 0 Å². The number of para-hydroxylation sites is 2. The van der Waals surface area contributed by atoms with E-state index in [1.165, 1.54) is 7.05 Å². The Kier molecular flexibility index (Phi) is 4.44. The topological polar surface area (TPSA) is 48.0 Å².